The Labute approximate surface area is 153 Å². The van der Waals surface area contributed by atoms with Crippen molar-refractivity contribution in [3.05, 3.63) is 59.3 Å². The highest BCUT2D eigenvalue weighted by Gasteiger charge is 2.16. The fourth-order valence-electron chi connectivity index (χ4n) is 2.91. The van der Waals surface area contributed by atoms with E-state index in [4.69, 9.17) is 10.00 Å². The first-order chi connectivity index (χ1) is 12.8. The maximum Gasteiger partial charge on any atom is 0.220 e. The SMILES string of the molecule is N#Cc1ccc(CCC(=O)NCc2cccnc2N2CCOCC2)cc1. The van der Waals surface area contributed by atoms with Gasteiger partial charge in [0.25, 0.3) is 0 Å². The lowest BCUT2D eigenvalue weighted by Crippen LogP contribution is -2.37. The molecule has 26 heavy (non-hydrogen) atoms. The van der Waals surface area contributed by atoms with Gasteiger partial charge in [-0.25, -0.2) is 4.98 Å². The van der Waals surface area contributed by atoms with Crippen molar-refractivity contribution in [1.82, 2.24) is 10.3 Å². The number of hydrogen-bond acceptors (Lipinski definition) is 5. The third-order valence-corrected chi connectivity index (χ3v) is 4.38. The van der Waals surface area contributed by atoms with Gasteiger partial charge in [-0.05, 0) is 30.2 Å². The van der Waals surface area contributed by atoms with E-state index in [0.717, 1.165) is 30.0 Å². The largest absolute Gasteiger partial charge is 0.378 e. The number of nitriles is 1. The predicted octanol–water partition coefficient (Wildman–Crippen LogP) is 2.04. The molecule has 6 heteroatoms. The molecule has 3 rings (SSSR count). The van der Waals surface area contributed by atoms with Gasteiger partial charge >= 0.3 is 0 Å². The molecule has 1 aliphatic rings. The van der Waals surface area contributed by atoms with Crippen molar-refractivity contribution in [2.24, 2.45) is 0 Å². The maximum absolute atomic E-state index is 12.2. The average Bonchev–Trinajstić information content (AvgIpc) is 2.72. The van der Waals surface area contributed by atoms with Crippen LogP contribution >= 0.6 is 0 Å². The number of hydrogen-bond donors (Lipinski definition) is 1. The highest BCUT2D eigenvalue weighted by Crippen LogP contribution is 2.18. The molecule has 1 aliphatic heterocycles. The highest BCUT2D eigenvalue weighted by atomic mass is 16.5. The number of morpholine rings is 1. The maximum atomic E-state index is 12.2. The molecule has 134 valence electrons. The number of amides is 1. The van der Waals surface area contributed by atoms with Crippen LogP contribution in [0.25, 0.3) is 0 Å². The summed E-state index contributed by atoms with van der Waals surface area (Å²) in [5.74, 6) is 0.925. The fourth-order valence-corrected chi connectivity index (χ4v) is 2.91. The number of benzene rings is 1. The molecular formula is C20H22N4O2. The zero-order valence-corrected chi connectivity index (χ0v) is 14.6. The molecule has 0 aliphatic carbocycles. The number of carbonyl (C=O) groups excluding carboxylic acids is 1. The average molecular weight is 350 g/mol. The summed E-state index contributed by atoms with van der Waals surface area (Å²) in [6.45, 7) is 3.50. The molecule has 1 N–H and O–H groups in total. The third kappa shape index (κ3) is 4.80. The Hall–Kier alpha value is -2.91. The van der Waals surface area contributed by atoms with Crippen molar-refractivity contribution < 1.29 is 9.53 Å². The van der Waals surface area contributed by atoms with Crippen LogP contribution in [0.5, 0.6) is 0 Å². The summed E-state index contributed by atoms with van der Waals surface area (Å²) >= 11 is 0. The van der Waals surface area contributed by atoms with Crippen molar-refractivity contribution in [2.75, 3.05) is 31.2 Å². The third-order valence-electron chi connectivity index (χ3n) is 4.38. The quantitative estimate of drug-likeness (QED) is 0.862. The van der Waals surface area contributed by atoms with E-state index >= 15 is 0 Å². The van der Waals surface area contributed by atoms with Gasteiger partial charge in [0.15, 0.2) is 0 Å². The molecule has 1 saturated heterocycles. The van der Waals surface area contributed by atoms with E-state index in [1.54, 1.807) is 18.3 Å². The zero-order chi connectivity index (χ0) is 18.2. The second-order valence-electron chi connectivity index (χ2n) is 6.17. The molecule has 0 bridgehead atoms. The smallest absolute Gasteiger partial charge is 0.220 e. The standard InChI is InChI=1S/C20H22N4O2/c21-14-17-5-3-16(4-6-17)7-8-19(25)23-15-18-2-1-9-22-20(18)24-10-12-26-13-11-24/h1-6,9H,7-8,10-13,15H2,(H,23,25). The minimum absolute atomic E-state index is 0.00569. The van der Waals surface area contributed by atoms with Gasteiger partial charge in [0.1, 0.15) is 5.82 Å². The van der Waals surface area contributed by atoms with E-state index in [-0.39, 0.29) is 5.91 Å². The van der Waals surface area contributed by atoms with Gasteiger partial charge < -0.3 is 15.0 Å². The van der Waals surface area contributed by atoms with Crippen molar-refractivity contribution in [3.8, 4) is 6.07 Å². The lowest BCUT2D eigenvalue weighted by Gasteiger charge is -2.29. The van der Waals surface area contributed by atoms with E-state index < -0.39 is 0 Å². The number of nitrogens with zero attached hydrogens (tertiary/aromatic N) is 3. The Morgan fingerprint density at radius 3 is 2.73 bits per heavy atom. The Morgan fingerprint density at radius 1 is 1.23 bits per heavy atom. The summed E-state index contributed by atoms with van der Waals surface area (Å²) in [5, 5.41) is 11.8. The van der Waals surface area contributed by atoms with Crippen LogP contribution in [0.2, 0.25) is 0 Å². The van der Waals surface area contributed by atoms with Gasteiger partial charge in [0.2, 0.25) is 5.91 Å². The summed E-state index contributed by atoms with van der Waals surface area (Å²) in [5.41, 5.74) is 2.70. The molecular weight excluding hydrogens is 328 g/mol. The molecule has 0 spiro atoms. The number of ether oxygens (including phenoxy) is 1. The minimum atomic E-state index is 0.00569. The second-order valence-corrected chi connectivity index (χ2v) is 6.17. The summed E-state index contributed by atoms with van der Waals surface area (Å²) in [6, 6.07) is 13.3. The van der Waals surface area contributed by atoms with Gasteiger partial charge in [0.05, 0.1) is 24.8 Å². The van der Waals surface area contributed by atoms with Gasteiger partial charge in [0, 0.05) is 37.8 Å². The summed E-state index contributed by atoms with van der Waals surface area (Å²) < 4.78 is 5.39. The van der Waals surface area contributed by atoms with Crippen LogP contribution < -0.4 is 10.2 Å². The normalized spacial score (nSPS) is 13.9. The summed E-state index contributed by atoms with van der Waals surface area (Å²) in [4.78, 5) is 18.9. The predicted molar refractivity (Wildman–Crippen MR) is 98.6 cm³/mol. The van der Waals surface area contributed by atoms with E-state index in [2.05, 4.69) is 21.3 Å². The van der Waals surface area contributed by atoms with Gasteiger partial charge in [-0.3, -0.25) is 4.79 Å². The minimum Gasteiger partial charge on any atom is -0.378 e. The molecule has 1 aromatic carbocycles. The van der Waals surface area contributed by atoms with Crippen molar-refractivity contribution in [3.63, 3.8) is 0 Å². The van der Waals surface area contributed by atoms with Crippen LogP contribution in [-0.4, -0.2) is 37.2 Å². The number of aromatic nitrogens is 1. The molecule has 2 heterocycles. The first-order valence-electron chi connectivity index (χ1n) is 8.78. The first-order valence-corrected chi connectivity index (χ1v) is 8.78. The molecule has 1 aromatic heterocycles. The Kier molecular flexibility index (Phi) is 6.18. The Morgan fingerprint density at radius 2 is 2.00 bits per heavy atom. The Balaban J connectivity index is 1.52. The van der Waals surface area contributed by atoms with E-state index in [0.29, 0.717) is 38.2 Å². The molecule has 0 saturated carbocycles. The number of carbonyl (C=O) groups is 1. The number of anilines is 1. The molecule has 0 radical (unpaired) electrons. The van der Waals surface area contributed by atoms with Gasteiger partial charge in [-0.1, -0.05) is 18.2 Å². The monoisotopic (exact) mass is 350 g/mol. The van der Waals surface area contributed by atoms with E-state index in [1.165, 1.54) is 0 Å². The van der Waals surface area contributed by atoms with Gasteiger partial charge in [-0.2, -0.15) is 5.26 Å². The molecule has 6 nitrogen and oxygen atoms in total. The van der Waals surface area contributed by atoms with Crippen molar-refractivity contribution in [1.29, 1.82) is 5.26 Å². The lowest BCUT2D eigenvalue weighted by atomic mass is 10.1. The second kappa shape index (κ2) is 8.97. The number of rotatable bonds is 6. The highest BCUT2D eigenvalue weighted by molar-refractivity contribution is 5.76. The Bertz CT molecular complexity index is 777. The fraction of sp³-hybridized carbons (Fsp3) is 0.350. The topological polar surface area (TPSA) is 78.2 Å². The first kappa shape index (κ1) is 17.9. The van der Waals surface area contributed by atoms with Crippen LogP contribution in [-0.2, 0) is 22.5 Å². The van der Waals surface area contributed by atoms with Crippen LogP contribution in [0.1, 0.15) is 23.1 Å². The number of pyridine rings is 1. The van der Waals surface area contributed by atoms with Gasteiger partial charge in [-0.15, -0.1) is 0 Å². The number of aryl methyl sites for hydroxylation is 1. The summed E-state index contributed by atoms with van der Waals surface area (Å²) in [7, 11) is 0. The molecule has 0 atom stereocenters. The molecule has 1 amide bonds. The summed E-state index contributed by atoms with van der Waals surface area (Å²) in [6.07, 6.45) is 2.85. The van der Waals surface area contributed by atoms with Crippen LogP contribution in [0.15, 0.2) is 42.6 Å². The molecule has 1 fully saturated rings. The van der Waals surface area contributed by atoms with Crippen molar-refractivity contribution in [2.45, 2.75) is 19.4 Å². The van der Waals surface area contributed by atoms with Crippen molar-refractivity contribution >= 4 is 11.7 Å². The molecule has 0 unspecified atom stereocenters. The molecule has 2 aromatic rings. The van der Waals surface area contributed by atoms with E-state index in [1.807, 2.05) is 24.3 Å². The lowest BCUT2D eigenvalue weighted by molar-refractivity contribution is -0.121. The van der Waals surface area contributed by atoms with Crippen LogP contribution in [0.4, 0.5) is 5.82 Å². The van der Waals surface area contributed by atoms with E-state index in [9.17, 15) is 4.79 Å². The van der Waals surface area contributed by atoms with Crippen LogP contribution in [0, 0.1) is 11.3 Å². The number of nitrogens with one attached hydrogen (secondary N) is 1. The zero-order valence-electron chi connectivity index (χ0n) is 14.6. The van der Waals surface area contributed by atoms with Crippen LogP contribution in [0.3, 0.4) is 0 Å².